The van der Waals surface area contributed by atoms with Crippen LogP contribution in [0.15, 0.2) is 42.5 Å². The molecule has 0 heterocycles. The Morgan fingerprint density at radius 1 is 1.05 bits per heavy atom. The van der Waals surface area contributed by atoms with Crippen molar-refractivity contribution in [1.82, 2.24) is 0 Å². The van der Waals surface area contributed by atoms with Crippen molar-refractivity contribution in [1.29, 1.82) is 0 Å². The molecular formula is C15H13F4N. The molecular weight excluding hydrogens is 270 g/mol. The smallest absolute Gasteiger partial charge is 0.381 e. The number of rotatable bonds is 3. The van der Waals surface area contributed by atoms with Crippen LogP contribution in [0.4, 0.5) is 23.2 Å². The summed E-state index contributed by atoms with van der Waals surface area (Å²) in [6, 6.07) is 9.34. The first-order chi connectivity index (χ1) is 9.36. The highest BCUT2D eigenvalue weighted by Crippen LogP contribution is 2.29. The van der Waals surface area contributed by atoms with Crippen LogP contribution >= 0.6 is 0 Å². The highest BCUT2D eigenvalue weighted by Gasteiger charge is 2.30. The van der Waals surface area contributed by atoms with E-state index in [4.69, 9.17) is 0 Å². The summed E-state index contributed by atoms with van der Waals surface area (Å²) in [6.45, 7) is 2.00. The molecule has 0 saturated heterocycles. The molecule has 2 rings (SSSR count). The molecule has 20 heavy (non-hydrogen) atoms. The molecule has 0 saturated carbocycles. The third kappa shape index (κ3) is 3.50. The van der Waals surface area contributed by atoms with Crippen LogP contribution in [0.5, 0.6) is 0 Å². The predicted molar refractivity (Wildman–Crippen MR) is 69.9 cm³/mol. The lowest BCUT2D eigenvalue weighted by Gasteiger charge is -2.12. The standard InChI is InChI=1S/C15H13F4N/c1-10-5-6-13(16)8-14(10)20-9-11-3-2-4-12(7-11)15(17,18)19/h2-8,20H,9H2,1H3. The Bertz CT molecular complexity index is 605. The first kappa shape index (κ1) is 14.4. The minimum Gasteiger partial charge on any atom is -0.381 e. The number of hydrogen-bond donors (Lipinski definition) is 1. The normalized spacial score (nSPS) is 11.4. The van der Waals surface area contributed by atoms with Gasteiger partial charge in [0.2, 0.25) is 0 Å². The summed E-state index contributed by atoms with van der Waals surface area (Å²) in [4.78, 5) is 0. The molecule has 0 fully saturated rings. The van der Waals surface area contributed by atoms with Crippen molar-refractivity contribution < 1.29 is 17.6 Å². The van der Waals surface area contributed by atoms with Gasteiger partial charge in [-0.3, -0.25) is 0 Å². The molecule has 1 nitrogen and oxygen atoms in total. The maximum atomic E-state index is 13.1. The molecule has 0 amide bonds. The van der Waals surface area contributed by atoms with Crippen molar-refractivity contribution in [2.24, 2.45) is 0 Å². The molecule has 1 N–H and O–H groups in total. The third-order valence-electron chi connectivity index (χ3n) is 2.94. The molecule has 2 aromatic carbocycles. The zero-order valence-electron chi connectivity index (χ0n) is 10.8. The second-order valence-electron chi connectivity index (χ2n) is 4.51. The zero-order chi connectivity index (χ0) is 14.8. The molecule has 5 heteroatoms. The van der Waals surface area contributed by atoms with Crippen LogP contribution in [0.1, 0.15) is 16.7 Å². The maximum absolute atomic E-state index is 13.1. The Morgan fingerprint density at radius 2 is 1.80 bits per heavy atom. The minimum absolute atomic E-state index is 0.203. The molecule has 0 unspecified atom stereocenters. The fourth-order valence-corrected chi connectivity index (χ4v) is 1.84. The van der Waals surface area contributed by atoms with E-state index in [-0.39, 0.29) is 12.4 Å². The van der Waals surface area contributed by atoms with Gasteiger partial charge >= 0.3 is 6.18 Å². The van der Waals surface area contributed by atoms with E-state index in [9.17, 15) is 17.6 Å². The van der Waals surface area contributed by atoms with E-state index < -0.39 is 11.7 Å². The second-order valence-corrected chi connectivity index (χ2v) is 4.51. The molecule has 0 radical (unpaired) electrons. The van der Waals surface area contributed by atoms with E-state index in [1.165, 1.54) is 18.2 Å². The molecule has 0 spiro atoms. The Labute approximate surface area is 114 Å². The highest BCUT2D eigenvalue weighted by molar-refractivity contribution is 5.51. The number of aryl methyl sites for hydroxylation is 1. The number of anilines is 1. The van der Waals surface area contributed by atoms with Crippen molar-refractivity contribution in [2.45, 2.75) is 19.6 Å². The van der Waals surface area contributed by atoms with Crippen LogP contribution in [0.2, 0.25) is 0 Å². The van der Waals surface area contributed by atoms with Crippen molar-refractivity contribution in [2.75, 3.05) is 5.32 Å². The van der Waals surface area contributed by atoms with Crippen molar-refractivity contribution in [3.63, 3.8) is 0 Å². The molecule has 0 aliphatic carbocycles. The number of benzene rings is 2. The molecule has 0 aliphatic rings. The van der Waals surface area contributed by atoms with Crippen molar-refractivity contribution in [3.05, 3.63) is 65.0 Å². The van der Waals surface area contributed by atoms with Crippen LogP contribution in [-0.2, 0) is 12.7 Å². The Morgan fingerprint density at radius 3 is 2.50 bits per heavy atom. The average molecular weight is 283 g/mol. The monoisotopic (exact) mass is 283 g/mol. The number of alkyl halides is 3. The van der Waals surface area contributed by atoms with E-state index in [0.29, 0.717) is 11.3 Å². The molecule has 0 atom stereocenters. The second kappa shape index (κ2) is 5.53. The fourth-order valence-electron chi connectivity index (χ4n) is 1.84. The van der Waals surface area contributed by atoms with Gasteiger partial charge in [-0.05, 0) is 42.3 Å². The summed E-state index contributed by atoms with van der Waals surface area (Å²) in [6.07, 6.45) is -4.36. The van der Waals surface area contributed by atoms with Gasteiger partial charge in [-0.15, -0.1) is 0 Å². The third-order valence-corrected chi connectivity index (χ3v) is 2.94. The van der Waals surface area contributed by atoms with Crippen LogP contribution in [0.3, 0.4) is 0 Å². The lowest BCUT2D eigenvalue weighted by Crippen LogP contribution is -2.07. The van der Waals surface area contributed by atoms with Crippen LogP contribution in [0, 0.1) is 12.7 Å². The predicted octanol–water partition coefficient (Wildman–Crippen LogP) is 4.77. The topological polar surface area (TPSA) is 12.0 Å². The molecule has 2 aromatic rings. The summed E-state index contributed by atoms with van der Waals surface area (Å²) in [7, 11) is 0. The maximum Gasteiger partial charge on any atom is 0.416 e. The fraction of sp³-hybridized carbons (Fsp3) is 0.200. The van der Waals surface area contributed by atoms with E-state index in [2.05, 4.69) is 5.32 Å². The number of hydrogen-bond acceptors (Lipinski definition) is 1. The van der Waals surface area contributed by atoms with Crippen LogP contribution < -0.4 is 5.32 Å². The number of halogens is 4. The van der Waals surface area contributed by atoms with E-state index in [0.717, 1.165) is 17.7 Å². The summed E-state index contributed by atoms with van der Waals surface area (Å²) in [5.74, 6) is -0.387. The summed E-state index contributed by atoms with van der Waals surface area (Å²) < 4.78 is 50.8. The van der Waals surface area contributed by atoms with Gasteiger partial charge in [0.25, 0.3) is 0 Å². The first-order valence-corrected chi connectivity index (χ1v) is 6.02. The highest BCUT2D eigenvalue weighted by atomic mass is 19.4. The van der Waals surface area contributed by atoms with Gasteiger partial charge in [0, 0.05) is 12.2 Å². The van der Waals surface area contributed by atoms with Gasteiger partial charge in [0.15, 0.2) is 0 Å². The van der Waals surface area contributed by atoms with Gasteiger partial charge < -0.3 is 5.32 Å². The molecule has 106 valence electrons. The first-order valence-electron chi connectivity index (χ1n) is 6.02. The van der Waals surface area contributed by atoms with E-state index >= 15 is 0 Å². The largest absolute Gasteiger partial charge is 0.416 e. The SMILES string of the molecule is Cc1ccc(F)cc1NCc1cccc(C(F)(F)F)c1. The van der Waals surface area contributed by atoms with Crippen LogP contribution in [-0.4, -0.2) is 0 Å². The zero-order valence-corrected chi connectivity index (χ0v) is 10.8. The summed E-state index contributed by atoms with van der Waals surface area (Å²) in [5, 5.41) is 2.94. The Kier molecular flexibility index (Phi) is 3.97. The van der Waals surface area contributed by atoms with Crippen molar-refractivity contribution >= 4 is 5.69 Å². The lowest BCUT2D eigenvalue weighted by molar-refractivity contribution is -0.137. The van der Waals surface area contributed by atoms with Gasteiger partial charge in [-0.25, -0.2) is 4.39 Å². The molecule has 0 aliphatic heterocycles. The average Bonchev–Trinajstić information content (AvgIpc) is 2.39. The molecule has 0 bridgehead atoms. The van der Waals surface area contributed by atoms with Gasteiger partial charge in [-0.2, -0.15) is 13.2 Å². The van der Waals surface area contributed by atoms with Gasteiger partial charge in [0.05, 0.1) is 5.56 Å². The van der Waals surface area contributed by atoms with E-state index in [1.807, 2.05) is 0 Å². The minimum atomic E-state index is -4.36. The summed E-state index contributed by atoms with van der Waals surface area (Å²) >= 11 is 0. The number of nitrogens with one attached hydrogen (secondary N) is 1. The van der Waals surface area contributed by atoms with Crippen molar-refractivity contribution in [3.8, 4) is 0 Å². The van der Waals surface area contributed by atoms with Gasteiger partial charge in [-0.1, -0.05) is 18.2 Å². The Balaban J connectivity index is 2.13. The molecule has 0 aromatic heterocycles. The summed E-state index contributed by atoms with van der Waals surface area (Å²) in [5.41, 5.74) is 1.21. The van der Waals surface area contributed by atoms with Crippen LogP contribution in [0.25, 0.3) is 0 Å². The lowest BCUT2D eigenvalue weighted by atomic mass is 10.1. The van der Waals surface area contributed by atoms with Gasteiger partial charge in [0.1, 0.15) is 5.82 Å². The Hall–Kier alpha value is -2.04. The quantitative estimate of drug-likeness (QED) is 0.800. The van der Waals surface area contributed by atoms with E-state index in [1.54, 1.807) is 19.1 Å².